The second-order valence-corrected chi connectivity index (χ2v) is 6.26. The number of para-hydroxylation sites is 1. The lowest BCUT2D eigenvalue weighted by atomic mass is 10.2. The minimum atomic E-state index is -0.381. The molecule has 1 amide bonds. The number of rotatable bonds is 4. The number of hydrogen-bond donors (Lipinski definition) is 1. The molecule has 0 aliphatic carbocycles. The minimum Gasteiger partial charge on any atom is -0.319 e. The first-order chi connectivity index (χ1) is 11.2. The Bertz CT molecular complexity index is 866. The molecule has 0 spiro atoms. The first-order valence-electron chi connectivity index (χ1n) is 6.99. The van der Waals surface area contributed by atoms with Gasteiger partial charge in [-0.25, -0.2) is 9.97 Å². The SMILES string of the molecule is CCSc1ncc(Cl)c(C(=O)Nc2cccc3cccnc23)n1. The van der Waals surface area contributed by atoms with Gasteiger partial charge in [-0.15, -0.1) is 0 Å². The van der Waals surface area contributed by atoms with Gasteiger partial charge in [0.2, 0.25) is 0 Å². The molecule has 3 rings (SSSR count). The van der Waals surface area contributed by atoms with Crippen LogP contribution in [0, 0.1) is 0 Å². The van der Waals surface area contributed by atoms with Crippen molar-refractivity contribution in [3.8, 4) is 0 Å². The van der Waals surface area contributed by atoms with E-state index in [1.165, 1.54) is 18.0 Å². The Labute approximate surface area is 142 Å². The van der Waals surface area contributed by atoms with Gasteiger partial charge in [0.25, 0.3) is 5.91 Å². The van der Waals surface area contributed by atoms with Gasteiger partial charge in [0.1, 0.15) is 0 Å². The fraction of sp³-hybridized carbons (Fsp3) is 0.125. The third kappa shape index (κ3) is 3.43. The van der Waals surface area contributed by atoms with Crippen molar-refractivity contribution < 1.29 is 4.79 Å². The fourth-order valence-corrected chi connectivity index (χ4v) is 2.81. The monoisotopic (exact) mass is 344 g/mol. The Morgan fingerprint density at radius 1 is 1.26 bits per heavy atom. The minimum absolute atomic E-state index is 0.158. The Morgan fingerprint density at radius 3 is 2.91 bits per heavy atom. The topological polar surface area (TPSA) is 67.8 Å². The normalized spacial score (nSPS) is 10.7. The van der Waals surface area contributed by atoms with Crippen molar-refractivity contribution >= 4 is 45.9 Å². The predicted molar refractivity (Wildman–Crippen MR) is 93.1 cm³/mol. The molecule has 0 radical (unpaired) electrons. The van der Waals surface area contributed by atoms with Gasteiger partial charge in [0.05, 0.1) is 22.4 Å². The quantitative estimate of drug-likeness (QED) is 0.571. The number of amides is 1. The molecule has 0 fully saturated rings. The number of carbonyl (C=O) groups excluding carboxylic acids is 1. The fourth-order valence-electron chi connectivity index (χ4n) is 2.10. The third-order valence-corrected chi connectivity index (χ3v) is 4.11. The Morgan fingerprint density at radius 2 is 2.09 bits per heavy atom. The van der Waals surface area contributed by atoms with Crippen LogP contribution >= 0.6 is 23.4 Å². The number of anilines is 1. The number of nitrogens with zero attached hydrogens (tertiary/aromatic N) is 3. The summed E-state index contributed by atoms with van der Waals surface area (Å²) in [5.74, 6) is 0.434. The molecule has 3 aromatic rings. The van der Waals surface area contributed by atoms with Gasteiger partial charge in [-0.3, -0.25) is 9.78 Å². The average molecular weight is 345 g/mol. The van der Waals surface area contributed by atoms with Crippen LogP contribution in [0.25, 0.3) is 10.9 Å². The van der Waals surface area contributed by atoms with Gasteiger partial charge in [-0.1, -0.05) is 48.5 Å². The van der Waals surface area contributed by atoms with Gasteiger partial charge >= 0.3 is 0 Å². The summed E-state index contributed by atoms with van der Waals surface area (Å²) in [5, 5.41) is 4.52. The van der Waals surface area contributed by atoms with E-state index in [0.29, 0.717) is 10.8 Å². The Kier molecular flexibility index (Phi) is 4.73. The van der Waals surface area contributed by atoms with Crippen molar-refractivity contribution in [2.45, 2.75) is 12.1 Å². The van der Waals surface area contributed by atoms with Crippen LogP contribution in [-0.2, 0) is 0 Å². The van der Waals surface area contributed by atoms with Crippen molar-refractivity contribution in [2.75, 3.05) is 11.1 Å². The number of thioether (sulfide) groups is 1. The molecule has 23 heavy (non-hydrogen) atoms. The van der Waals surface area contributed by atoms with Crippen molar-refractivity contribution in [1.82, 2.24) is 15.0 Å². The van der Waals surface area contributed by atoms with E-state index in [2.05, 4.69) is 20.3 Å². The number of aromatic nitrogens is 3. The number of pyridine rings is 1. The highest BCUT2D eigenvalue weighted by Gasteiger charge is 2.15. The molecular weight excluding hydrogens is 332 g/mol. The number of hydrogen-bond acceptors (Lipinski definition) is 5. The predicted octanol–water partition coefficient (Wildman–Crippen LogP) is 4.04. The highest BCUT2D eigenvalue weighted by atomic mass is 35.5. The van der Waals surface area contributed by atoms with E-state index in [9.17, 15) is 4.79 Å². The zero-order chi connectivity index (χ0) is 16.2. The number of fused-ring (bicyclic) bond motifs is 1. The van der Waals surface area contributed by atoms with Crippen LogP contribution in [0.15, 0.2) is 47.9 Å². The van der Waals surface area contributed by atoms with Crippen LogP contribution in [0.4, 0.5) is 5.69 Å². The first-order valence-corrected chi connectivity index (χ1v) is 8.36. The molecule has 0 atom stereocenters. The molecule has 0 saturated carbocycles. The zero-order valence-electron chi connectivity index (χ0n) is 12.3. The Hall–Kier alpha value is -2.18. The van der Waals surface area contributed by atoms with E-state index in [-0.39, 0.29) is 16.6 Å². The number of benzene rings is 1. The molecule has 0 aliphatic heterocycles. The molecule has 0 aliphatic rings. The van der Waals surface area contributed by atoms with Crippen LogP contribution in [0.2, 0.25) is 5.02 Å². The summed E-state index contributed by atoms with van der Waals surface area (Å²) < 4.78 is 0. The zero-order valence-corrected chi connectivity index (χ0v) is 13.9. The van der Waals surface area contributed by atoms with E-state index in [0.717, 1.165) is 16.7 Å². The van der Waals surface area contributed by atoms with E-state index in [1.54, 1.807) is 12.3 Å². The van der Waals surface area contributed by atoms with Crippen LogP contribution in [-0.4, -0.2) is 26.6 Å². The van der Waals surface area contributed by atoms with Crippen LogP contribution in [0.3, 0.4) is 0 Å². The second kappa shape index (κ2) is 6.93. The molecule has 7 heteroatoms. The van der Waals surface area contributed by atoms with Crippen LogP contribution in [0.5, 0.6) is 0 Å². The summed E-state index contributed by atoms with van der Waals surface area (Å²) in [4.78, 5) is 25.1. The van der Waals surface area contributed by atoms with Crippen molar-refractivity contribution in [3.05, 3.63) is 53.4 Å². The molecule has 0 saturated heterocycles. The molecule has 116 valence electrons. The summed E-state index contributed by atoms with van der Waals surface area (Å²) in [6.45, 7) is 1.99. The number of halogens is 1. The van der Waals surface area contributed by atoms with Gasteiger partial charge in [-0.05, 0) is 17.9 Å². The van der Waals surface area contributed by atoms with Gasteiger partial charge in [-0.2, -0.15) is 0 Å². The lowest BCUT2D eigenvalue weighted by Crippen LogP contribution is -2.15. The maximum absolute atomic E-state index is 12.5. The maximum Gasteiger partial charge on any atom is 0.276 e. The molecule has 0 unspecified atom stereocenters. The highest BCUT2D eigenvalue weighted by molar-refractivity contribution is 7.99. The summed E-state index contributed by atoms with van der Waals surface area (Å²) in [6, 6.07) is 9.38. The lowest BCUT2D eigenvalue weighted by molar-refractivity contribution is 0.102. The van der Waals surface area contributed by atoms with Crippen molar-refractivity contribution in [1.29, 1.82) is 0 Å². The van der Waals surface area contributed by atoms with Gasteiger partial charge < -0.3 is 5.32 Å². The molecular formula is C16H13ClN4OS. The van der Waals surface area contributed by atoms with Crippen molar-refractivity contribution in [3.63, 3.8) is 0 Å². The third-order valence-electron chi connectivity index (χ3n) is 3.09. The van der Waals surface area contributed by atoms with E-state index < -0.39 is 0 Å². The standard InChI is InChI=1S/C16H13ClN4OS/c1-2-23-16-19-9-11(17)14(21-16)15(22)20-12-7-3-5-10-6-4-8-18-13(10)12/h3-9H,2H2,1H3,(H,20,22). The van der Waals surface area contributed by atoms with E-state index in [1.807, 2.05) is 31.2 Å². The number of nitrogens with one attached hydrogen (secondary N) is 1. The molecule has 1 aromatic carbocycles. The summed E-state index contributed by atoms with van der Waals surface area (Å²) in [5.41, 5.74) is 1.50. The second-order valence-electron chi connectivity index (χ2n) is 4.62. The average Bonchev–Trinajstić information content (AvgIpc) is 2.57. The van der Waals surface area contributed by atoms with Gasteiger partial charge in [0, 0.05) is 11.6 Å². The number of carbonyl (C=O) groups is 1. The van der Waals surface area contributed by atoms with Crippen molar-refractivity contribution in [2.24, 2.45) is 0 Å². The molecule has 1 N–H and O–H groups in total. The van der Waals surface area contributed by atoms with Crippen LogP contribution < -0.4 is 5.32 Å². The molecule has 2 aromatic heterocycles. The molecule has 5 nitrogen and oxygen atoms in total. The summed E-state index contributed by atoms with van der Waals surface area (Å²) >= 11 is 7.52. The molecule has 2 heterocycles. The maximum atomic E-state index is 12.5. The van der Waals surface area contributed by atoms with Crippen LogP contribution in [0.1, 0.15) is 17.4 Å². The van der Waals surface area contributed by atoms with E-state index in [4.69, 9.17) is 11.6 Å². The van der Waals surface area contributed by atoms with E-state index >= 15 is 0 Å². The van der Waals surface area contributed by atoms with Gasteiger partial charge in [0.15, 0.2) is 10.9 Å². The summed E-state index contributed by atoms with van der Waals surface area (Å²) in [6.07, 6.45) is 3.13. The molecule has 0 bridgehead atoms. The lowest BCUT2D eigenvalue weighted by Gasteiger charge is -2.09. The largest absolute Gasteiger partial charge is 0.319 e. The smallest absolute Gasteiger partial charge is 0.276 e. The summed E-state index contributed by atoms with van der Waals surface area (Å²) in [7, 11) is 0. The highest BCUT2D eigenvalue weighted by Crippen LogP contribution is 2.23. The first kappa shape index (κ1) is 15.7. The Balaban J connectivity index is 1.93.